The fourth-order valence-corrected chi connectivity index (χ4v) is 2.26. The van der Waals surface area contributed by atoms with E-state index in [1.54, 1.807) is 7.11 Å². The molecule has 0 fully saturated rings. The summed E-state index contributed by atoms with van der Waals surface area (Å²) in [5, 5.41) is 13.6. The second kappa shape index (κ2) is 9.78. The summed E-state index contributed by atoms with van der Waals surface area (Å²) in [6.07, 6.45) is 5.85. The minimum absolute atomic E-state index is 0.451. The van der Waals surface area contributed by atoms with Crippen molar-refractivity contribution < 1.29 is 9.84 Å². The summed E-state index contributed by atoms with van der Waals surface area (Å²) < 4.78 is 5.18. The molecule has 114 valence electrons. The van der Waals surface area contributed by atoms with Crippen molar-refractivity contribution in [3.8, 4) is 5.75 Å². The Bertz CT molecular complexity index is 368. The van der Waals surface area contributed by atoms with Crippen LogP contribution in [0.3, 0.4) is 0 Å². The van der Waals surface area contributed by atoms with Gasteiger partial charge in [0.1, 0.15) is 5.75 Å². The number of rotatable bonds is 10. The van der Waals surface area contributed by atoms with E-state index < -0.39 is 6.10 Å². The van der Waals surface area contributed by atoms with Gasteiger partial charge in [0, 0.05) is 12.6 Å². The van der Waals surface area contributed by atoms with Crippen LogP contribution in [0.25, 0.3) is 0 Å². The molecule has 0 spiro atoms. The van der Waals surface area contributed by atoms with Crippen LogP contribution in [0.15, 0.2) is 24.3 Å². The van der Waals surface area contributed by atoms with Crippen molar-refractivity contribution in [2.45, 2.75) is 58.1 Å². The van der Waals surface area contributed by atoms with Crippen molar-refractivity contribution in [1.29, 1.82) is 0 Å². The van der Waals surface area contributed by atoms with Crippen LogP contribution in [0.2, 0.25) is 0 Å². The molecule has 0 heterocycles. The number of methoxy groups -OCH3 is 1. The Morgan fingerprint density at radius 3 is 2.75 bits per heavy atom. The normalized spacial score (nSPS) is 14.0. The van der Waals surface area contributed by atoms with Crippen LogP contribution in [-0.4, -0.2) is 24.8 Å². The first-order valence-electron chi connectivity index (χ1n) is 7.72. The fourth-order valence-electron chi connectivity index (χ4n) is 2.26. The van der Waals surface area contributed by atoms with Gasteiger partial charge in [-0.15, -0.1) is 0 Å². The molecule has 1 aromatic carbocycles. The van der Waals surface area contributed by atoms with Gasteiger partial charge in [0.2, 0.25) is 0 Å². The van der Waals surface area contributed by atoms with Gasteiger partial charge in [0.05, 0.1) is 13.2 Å². The zero-order valence-corrected chi connectivity index (χ0v) is 13.1. The minimum Gasteiger partial charge on any atom is -0.497 e. The van der Waals surface area contributed by atoms with Crippen molar-refractivity contribution in [3.63, 3.8) is 0 Å². The first-order chi connectivity index (χ1) is 9.67. The summed E-state index contributed by atoms with van der Waals surface area (Å²) in [5.41, 5.74) is 0.898. The molecule has 0 amide bonds. The topological polar surface area (TPSA) is 41.5 Å². The van der Waals surface area contributed by atoms with Crippen molar-refractivity contribution in [2.75, 3.05) is 13.7 Å². The third-order valence-corrected chi connectivity index (χ3v) is 3.63. The van der Waals surface area contributed by atoms with Gasteiger partial charge >= 0.3 is 0 Å². The highest BCUT2D eigenvalue weighted by molar-refractivity contribution is 5.29. The van der Waals surface area contributed by atoms with E-state index in [1.165, 1.54) is 32.1 Å². The number of benzene rings is 1. The molecule has 1 rings (SSSR count). The van der Waals surface area contributed by atoms with Crippen LogP contribution in [0, 0.1) is 0 Å². The van der Waals surface area contributed by atoms with Crippen molar-refractivity contribution >= 4 is 0 Å². The summed E-state index contributed by atoms with van der Waals surface area (Å²) in [5.74, 6) is 0.786. The molecule has 0 saturated carbocycles. The Balaban J connectivity index is 2.29. The SMILES string of the molecule is CCCCCCC(C)NCC(O)c1cccc(OC)c1. The first kappa shape index (κ1) is 17.0. The molecule has 2 atom stereocenters. The zero-order valence-electron chi connectivity index (χ0n) is 13.1. The van der Waals surface area contributed by atoms with Gasteiger partial charge in [-0.3, -0.25) is 0 Å². The third-order valence-electron chi connectivity index (χ3n) is 3.63. The Labute approximate surface area is 123 Å². The number of hydrogen-bond acceptors (Lipinski definition) is 3. The molecule has 0 aliphatic heterocycles. The molecule has 2 unspecified atom stereocenters. The lowest BCUT2D eigenvalue weighted by Gasteiger charge is -2.17. The molecular formula is C17H29NO2. The van der Waals surface area contributed by atoms with Crippen molar-refractivity contribution in [2.24, 2.45) is 0 Å². The molecule has 0 aliphatic rings. The smallest absolute Gasteiger partial charge is 0.119 e. The maximum atomic E-state index is 10.2. The van der Waals surface area contributed by atoms with Crippen LogP contribution in [-0.2, 0) is 0 Å². The lowest BCUT2D eigenvalue weighted by molar-refractivity contribution is 0.169. The number of hydrogen-bond donors (Lipinski definition) is 2. The predicted molar refractivity (Wildman–Crippen MR) is 84.2 cm³/mol. The van der Waals surface area contributed by atoms with E-state index in [2.05, 4.69) is 19.2 Å². The van der Waals surface area contributed by atoms with Crippen LogP contribution >= 0.6 is 0 Å². The van der Waals surface area contributed by atoms with E-state index in [4.69, 9.17) is 4.74 Å². The highest BCUT2D eigenvalue weighted by Crippen LogP contribution is 2.18. The predicted octanol–water partition coefficient (Wildman–Crippen LogP) is 3.68. The molecule has 0 radical (unpaired) electrons. The summed E-state index contributed by atoms with van der Waals surface area (Å²) in [6.45, 7) is 5.00. The summed E-state index contributed by atoms with van der Waals surface area (Å²) >= 11 is 0. The largest absolute Gasteiger partial charge is 0.497 e. The Kier molecular flexibility index (Phi) is 8.31. The minimum atomic E-state index is -0.483. The van der Waals surface area contributed by atoms with E-state index in [0.29, 0.717) is 12.6 Å². The lowest BCUT2D eigenvalue weighted by Crippen LogP contribution is -2.30. The zero-order chi connectivity index (χ0) is 14.8. The molecule has 1 aromatic rings. The maximum absolute atomic E-state index is 10.2. The molecule has 3 nitrogen and oxygen atoms in total. The van der Waals surface area contributed by atoms with E-state index in [9.17, 15) is 5.11 Å². The number of ether oxygens (including phenoxy) is 1. The second-order valence-corrected chi connectivity index (χ2v) is 5.45. The standard InChI is InChI=1S/C17H29NO2/c1-4-5-6-7-9-14(2)18-13-17(19)15-10-8-11-16(12-15)20-3/h8,10-12,14,17-19H,4-7,9,13H2,1-3H3. The van der Waals surface area contributed by atoms with E-state index >= 15 is 0 Å². The molecule has 3 heteroatoms. The van der Waals surface area contributed by atoms with Crippen LogP contribution in [0.1, 0.15) is 57.6 Å². The van der Waals surface area contributed by atoms with Crippen molar-refractivity contribution in [1.82, 2.24) is 5.32 Å². The number of aliphatic hydroxyl groups is 1. The Morgan fingerprint density at radius 1 is 1.25 bits per heavy atom. The first-order valence-corrected chi connectivity index (χ1v) is 7.72. The molecule has 0 aromatic heterocycles. The van der Waals surface area contributed by atoms with Gasteiger partial charge < -0.3 is 15.2 Å². The average molecular weight is 279 g/mol. The Morgan fingerprint density at radius 2 is 2.05 bits per heavy atom. The van der Waals surface area contributed by atoms with Crippen LogP contribution < -0.4 is 10.1 Å². The van der Waals surface area contributed by atoms with Crippen LogP contribution in [0.4, 0.5) is 0 Å². The molecule has 2 N–H and O–H groups in total. The van der Waals surface area contributed by atoms with Gasteiger partial charge in [0.25, 0.3) is 0 Å². The summed E-state index contributed by atoms with van der Waals surface area (Å²) in [7, 11) is 1.64. The number of nitrogens with one attached hydrogen (secondary N) is 1. The lowest BCUT2D eigenvalue weighted by atomic mass is 10.1. The van der Waals surface area contributed by atoms with E-state index in [0.717, 1.165) is 11.3 Å². The quantitative estimate of drug-likeness (QED) is 0.642. The van der Waals surface area contributed by atoms with Crippen molar-refractivity contribution in [3.05, 3.63) is 29.8 Å². The highest BCUT2D eigenvalue weighted by Gasteiger charge is 2.10. The highest BCUT2D eigenvalue weighted by atomic mass is 16.5. The van der Waals surface area contributed by atoms with Gasteiger partial charge in [-0.25, -0.2) is 0 Å². The number of aliphatic hydroxyl groups excluding tert-OH is 1. The molecule has 0 bridgehead atoms. The number of unbranched alkanes of at least 4 members (excludes halogenated alkanes) is 3. The summed E-state index contributed by atoms with van der Waals surface area (Å²) in [6, 6.07) is 8.07. The third kappa shape index (κ3) is 6.40. The summed E-state index contributed by atoms with van der Waals surface area (Å²) in [4.78, 5) is 0. The molecule has 0 saturated heterocycles. The van der Waals surface area contributed by atoms with Gasteiger partial charge in [-0.2, -0.15) is 0 Å². The van der Waals surface area contributed by atoms with Gasteiger partial charge in [0.15, 0.2) is 0 Å². The Hall–Kier alpha value is -1.06. The van der Waals surface area contributed by atoms with Gasteiger partial charge in [-0.1, -0.05) is 44.7 Å². The second-order valence-electron chi connectivity index (χ2n) is 5.45. The molecular weight excluding hydrogens is 250 g/mol. The molecule has 20 heavy (non-hydrogen) atoms. The van der Waals surface area contributed by atoms with E-state index in [1.807, 2.05) is 24.3 Å². The monoisotopic (exact) mass is 279 g/mol. The fraction of sp³-hybridized carbons (Fsp3) is 0.647. The average Bonchev–Trinajstić information content (AvgIpc) is 2.49. The maximum Gasteiger partial charge on any atom is 0.119 e. The molecule has 0 aliphatic carbocycles. The van der Waals surface area contributed by atoms with E-state index in [-0.39, 0.29) is 0 Å². The van der Waals surface area contributed by atoms with Crippen LogP contribution in [0.5, 0.6) is 5.75 Å². The van der Waals surface area contributed by atoms with Gasteiger partial charge in [-0.05, 0) is 31.0 Å².